The first-order valence-corrected chi connectivity index (χ1v) is 7.90. The Bertz CT molecular complexity index is 630. The molecule has 1 aliphatic carbocycles. The minimum Gasteiger partial charge on any atom is -0.490 e. The van der Waals surface area contributed by atoms with Crippen LogP contribution in [0.25, 0.3) is 0 Å². The second kappa shape index (κ2) is 5.10. The molecule has 2 heteroatoms. The molecule has 1 N–H and O–H groups in total. The number of benzene rings is 2. The lowest BCUT2D eigenvalue weighted by Gasteiger charge is -2.33. The average Bonchev–Trinajstić information content (AvgIpc) is 3.31. The lowest BCUT2D eigenvalue weighted by Crippen LogP contribution is -2.25. The maximum atomic E-state index is 5.83. The molecule has 2 aromatic carbocycles. The SMILES string of the molecule is CC1Cc2ccccc2NC1c1ccc(OC2CC2)cc1. The molecule has 21 heavy (non-hydrogen) atoms. The summed E-state index contributed by atoms with van der Waals surface area (Å²) in [5.74, 6) is 1.60. The van der Waals surface area contributed by atoms with E-state index in [0.717, 1.165) is 12.2 Å². The predicted molar refractivity (Wildman–Crippen MR) is 85.8 cm³/mol. The van der Waals surface area contributed by atoms with E-state index in [1.54, 1.807) is 0 Å². The number of anilines is 1. The van der Waals surface area contributed by atoms with E-state index in [2.05, 4.69) is 60.8 Å². The fraction of sp³-hybridized carbons (Fsp3) is 0.368. The van der Waals surface area contributed by atoms with E-state index in [0.29, 0.717) is 18.1 Å². The molecule has 0 radical (unpaired) electrons. The van der Waals surface area contributed by atoms with Crippen molar-refractivity contribution in [2.75, 3.05) is 5.32 Å². The van der Waals surface area contributed by atoms with Gasteiger partial charge in [-0.1, -0.05) is 37.3 Å². The first-order valence-electron chi connectivity index (χ1n) is 7.90. The summed E-state index contributed by atoms with van der Waals surface area (Å²) in [4.78, 5) is 0. The quantitative estimate of drug-likeness (QED) is 0.888. The topological polar surface area (TPSA) is 21.3 Å². The van der Waals surface area contributed by atoms with E-state index < -0.39 is 0 Å². The van der Waals surface area contributed by atoms with Crippen molar-refractivity contribution in [1.82, 2.24) is 0 Å². The molecule has 2 nitrogen and oxygen atoms in total. The van der Waals surface area contributed by atoms with Gasteiger partial charge in [0.1, 0.15) is 5.75 Å². The fourth-order valence-electron chi connectivity index (χ4n) is 3.16. The molecule has 0 aromatic heterocycles. The summed E-state index contributed by atoms with van der Waals surface area (Å²) in [5, 5.41) is 3.69. The highest BCUT2D eigenvalue weighted by Gasteiger charge is 2.26. The van der Waals surface area contributed by atoms with Crippen molar-refractivity contribution >= 4 is 5.69 Å². The summed E-state index contributed by atoms with van der Waals surface area (Å²) in [6.45, 7) is 2.32. The molecule has 0 bridgehead atoms. The Labute approximate surface area is 126 Å². The third-order valence-electron chi connectivity index (χ3n) is 4.51. The lowest BCUT2D eigenvalue weighted by molar-refractivity contribution is 0.303. The van der Waals surface area contributed by atoms with Gasteiger partial charge in [0.25, 0.3) is 0 Å². The Hall–Kier alpha value is -1.96. The van der Waals surface area contributed by atoms with Crippen molar-refractivity contribution in [2.24, 2.45) is 5.92 Å². The number of nitrogens with one attached hydrogen (secondary N) is 1. The third-order valence-corrected chi connectivity index (χ3v) is 4.51. The van der Waals surface area contributed by atoms with Gasteiger partial charge in [-0.2, -0.15) is 0 Å². The minimum atomic E-state index is 0.384. The maximum absolute atomic E-state index is 5.83. The highest BCUT2D eigenvalue weighted by Crippen LogP contribution is 2.37. The fourth-order valence-corrected chi connectivity index (χ4v) is 3.16. The molecule has 0 spiro atoms. The first kappa shape index (κ1) is 12.8. The predicted octanol–water partition coefficient (Wildman–Crippen LogP) is 4.57. The summed E-state index contributed by atoms with van der Waals surface area (Å²) in [6.07, 6.45) is 4.02. The zero-order valence-electron chi connectivity index (χ0n) is 12.4. The van der Waals surface area contributed by atoms with Crippen LogP contribution in [0.3, 0.4) is 0 Å². The zero-order chi connectivity index (χ0) is 14.2. The number of rotatable bonds is 3. The van der Waals surface area contributed by atoms with Gasteiger partial charge in [-0.05, 0) is 54.5 Å². The molecule has 1 saturated carbocycles. The number of ether oxygens (including phenoxy) is 1. The van der Waals surface area contributed by atoms with Gasteiger partial charge in [-0.3, -0.25) is 0 Å². The van der Waals surface area contributed by atoms with Crippen molar-refractivity contribution in [3.8, 4) is 5.75 Å². The maximum Gasteiger partial charge on any atom is 0.119 e. The summed E-state index contributed by atoms with van der Waals surface area (Å²) in [7, 11) is 0. The molecular weight excluding hydrogens is 258 g/mol. The standard InChI is InChI=1S/C19H21NO/c1-13-12-15-4-2-3-5-18(15)20-19(13)14-6-8-16(9-7-14)21-17-10-11-17/h2-9,13,17,19-20H,10-12H2,1H3. The summed E-state index contributed by atoms with van der Waals surface area (Å²) in [6, 6.07) is 17.7. The van der Waals surface area contributed by atoms with Gasteiger partial charge in [0.05, 0.1) is 12.1 Å². The molecule has 1 aliphatic heterocycles. The van der Waals surface area contributed by atoms with Crippen LogP contribution in [0.4, 0.5) is 5.69 Å². The van der Waals surface area contributed by atoms with Crippen LogP contribution in [0.15, 0.2) is 48.5 Å². The zero-order valence-corrected chi connectivity index (χ0v) is 12.4. The van der Waals surface area contributed by atoms with Crippen molar-refractivity contribution < 1.29 is 4.74 Å². The van der Waals surface area contributed by atoms with Crippen molar-refractivity contribution in [3.63, 3.8) is 0 Å². The van der Waals surface area contributed by atoms with Crippen LogP contribution in [0.5, 0.6) is 5.75 Å². The van der Waals surface area contributed by atoms with Crippen molar-refractivity contribution in [2.45, 2.75) is 38.3 Å². The smallest absolute Gasteiger partial charge is 0.119 e. The Kier molecular flexibility index (Phi) is 3.10. The number of hydrogen-bond acceptors (Lipinski definition) is 2. The van der Waals surface area contributed by atoms with Gasteiger partial charge < -0.3 is 10.1 Å². The van der Waals surface area contributed by atoms with Gasteiger partial charge in [0.2, 0.25) is 0 Å². The highest BCUT2D eigenvalue weighted by molar-refractivity contribution is 5.55. The molecule has 0 amide bonds. The molecule has 2 unspecified atom stereocenters. The van der Waals surface area contributed by atoms with E-state index in [4.69, 9.17) is 4.74 Å². The highest BCUT2D eigenvalue weighted by atomic mass is 16.5. The largest absolute Gasteiger partial charge is 0.490 e. The summed E-state index contributed by atoms with van der Waals surface area (Å²) >= 11 is 0. The van der Waals surface area contributed by atoms with E-state index in [9.17, 15) is 0 Å². The third kappa shape index (κ3) is 2.63. The van der Waals surface area contributed by atoms with Crippen LogP contribution < -0.4 is 10.1 Å². The van der Waals surface area contributed by atoms with Crippen LogP contribution in [0.1, 0.15) is 36.9 Å². The Morgan fingerprint density at radius 1 is 1.00 bits per heavy atom. The first-order chi connectivity index (χ1) is 10.3. The van der Waals surface area contributed by atoms with Crippen LogP contribution in [-0.4, -0.2) is 6.10 Å². The van der Waals surface area contributed by atoms with Crippen LogP contribution in [-0.2, 0) is 6.42 Å². The van der Waals surface area contributed by atoms with Crippen LogP contribution in [0, 0.1) is 5.92 Å². The van der Waals surface area contributed by atoms with E-state index in [-0.39, 0.29) is 0 Å². The average molecular weight is 279 g/mol. The van der Waals surface area contributed by atoms with E-state index >= 15 is 0 Å². The number of para-hydroxylation sites is 1. The normalized spacial score (nSPS) is 24.0. The van der Waals surface area contributed by atoms with Gasteiger partial charge >= 0.3 is 0 Å². The molecule has 4 rings (SSSR count). The Morgan fingerprint density at radius 3 is 2.52 bits per heavy atom. The molecule has 2 atom stereocenters. The van der Waals surface area contributed by atoms with Gasteiger partial charge in [0, 0.05) is 5.69 Å². The van der Waals surface area contributed by atoms with Gasteiger partial charge in [-0.25, -0.2) is 0 Å². The van der Waals surface area contributed by atoms with Crippen LogP contribution in [0.2, 0.25) is 0 Å². The van der Waals surface area contributed by atoms with Gasteiger partial charge in [-0.15, -0.1) is 0 Å². The monoisotopic (exact) mass is 279 g/mol. The molecule has 108 valence electrons. The van der Waals surface area contributed by atoms with Crippen molar-refractivity contribution in [3.05, 3.63) is 59.7 Å². The molecule has 1 heterocycles. The Balaban J connectivity index is 1.55. The lowest BCUT2D eigenvalue weighted by atomic mass is 9.85. The molecule has 0 saturated heterocycles. The minimum absolute atomic E-state index is 0.384. The van der Waals surface area contributed by atoms with Crippen LogP contribution >= 0.6 is 0 Å². The Morgan fingerprint density at radius 2 is 1.76 bits per heavy atom. The molecule has 2 aromatic rings. The summed E-state index contributed by atoms with van der Waals surface area (Å²) < 4.78 is 5.83. The molecular formula is C19H21NO. The van der Waals surface area contributed by atoms with Crippen molar-refractivity contribution in [1.29, 1.82) is 0 Å². The second-order valence-corrected chi connectivity index (χ2v) is 6.35. The van der Waals surface area contributed by atoms with E-state index in [1.165, 1.54) is 29.7 Å². The number of fused-ring (bicyclic) bond motifs is 1. The van der Waals surface area contributed by atoms with Gasteiger partial charge in [0.15, 0.2) is 0 Å². The summed E-state index contributed by atoms with van der Waals surface area (Å²) in [5.41, 5.74) is 4.05. The number of hydrogen-bond donors (Lipinski definition) is 1. The van der Waals surface area contributed by atoms with E-state index in [1.807, 2.05) is 0 Å². The molecule has 1 fully saturated rings. The molecule has 2 aliphatic rings. The second-order valence-electron chi connectivity index (χ2n) is 6.35.